The number of imidazole rings is 1. The third-order valence-corrected chi connectivity index (χ3v) is 4.78. The number of anilines is 1. The molecular formula is C24H21N3O3. The van der Waals surface area contributed by atoms with Gasteiger partial charge in [0.05, 0.1) is 16.6 Å². The number of para-hydroxylation sites is 2. The molecule has 1 heterocycles. The number of nitrogens with one attached hydrogen (secondary N) is 2. The number of H-pyrrole nitrogens is 1. The molecule has 0 saturated heterocycles. The van der Waals surface area contributed by atoms with E-state index >= 15 is 0 Å². The summed E-state index contributed by atoms with van der Waals surface area (Å²) in [6.07, 6.45) is 0. The Morgan fingerprint density at radius 1 is 1.00 bits per heavy atom. The average Bonchev–Trinajstić information content (AvgIpc) is 3.18. The molecule has 0 aliphatic heterocycles. The van der Waals surface area contributed by atoms with Gasteiger partial charge in [-0.1, -0.05) is 48.0 Å². The molecule has 0 aliphatic rings. The van der Waals surface area contributed by atoms with Crippen molar-refractivity contribution in [3.8, 4) is 11.4 Å². The number of esters is 1. The van der Waals surface area contributed by atoms with Crippen molar-refractivity contribution in [3.63, 3.8) is 0 Å². The van der Waals surface area contributed by atoms with E-state index in [0.717, 1.165) is 22.2 Å². The zero-order chi connectivity index (χ0) is 21.1. The van der Waals surface area contributed by atoms with Crippen molar-refractivity contribution in [2.45, 2.75) is 13.8 Å². The second-order valence-electron chi connectivity index (χ2n) is 7.09. The molecule has 30 heavy (non-hydrogen) atoms. The van der Waals surface area contributed by atoms with Crippen LogP contribution in [0.4, 0.5) is 5.69 Å². The molecule has 0 spiro atoms. The summed E-state index contributed by atoms with van der Waals surface area (Å²) in [6.45, 7) is 3.53. The van der Waals surface area contributed by atoms with Gasteiger partial charge in [0, 0.05) is 11.3 Å². The molecule has 150 valence electrons. The van der Waals surface area contributed by atoms with Crippen molar-refractivity contribution in [1.29, 1.82) is 0 Å². The smallest absolute Gasteiger partial charge is 0.339 e. The number of fused-ring (bicyclic) bond motifs is 1. The Hall–Kier alpha value is -3.93. The highest BCUT2D eigenvalue weighted by molar-refractivity contribution is 5.99. The zero-order valence-electron chi connectivity index (χ0n) is 16.7. The molecular weight excluding hydrogens is 378 g/mol. The highest BCUT2D eigenvalue weighted by Gasteiger charge is 2.17. The molecule has 2 N–H and O–H groups in total. The van der Waals surface area contributed by atoms with Crippen LogP contribution in [-0.4, -0.2) is 28.5 Å². The maximum atomic E-state index is 12.7. The first-order valence-corrected chi connectivity index (χ1v) is 9.59. The third-order valence-electron chi connectivity index (χ3n) is 4.78. The van der Waals surface area contributed by atoms with Gasteiger partial charge in [-0.15, -0.1) is 0 Å². The summed E-state index contributed by atoms with van der Waals surface area (Å²) in [4.78, 5) is 32.7. The first-order valence-electron chi connectivity index (χ1n) is 9.59. The van der Waals surface area contributed by atoms with Crippen LogP contribution in [0.25, 0.3) is 22.4 Å². The zero-order valence-corrected chi connectivity index (χ0v) is 16.7. The summed E-state index contributed by atoms with van der Waals surface area (Å²) in [6, 6.07) is 20.4. The minimum Gasteiger partial charge on any atom is -0.452 e. The Morgan fingerprint density at radius 3 is 2.57 bits per heavy atom. The van der Waals surface area contributed by atoms with Crippen LogP contribution >= 0.6 is 0 Å². The minimum atomic E-state index is -0.582. The van der Waals surface area contributed by atoms with E-state index in [2.05, 4.69) is 15.3 Å². The lowest BCUT2D eigenvalue weighted by atomic mass is 10.1. The van der Waals surface area contributed by atoms with Crippen LogP contribution in [0.5, 0.6) is 0 Å². The molecule has 1 aromatic heterocycles. The summed E-state index contributed by atoms with van der Waals surface area (Å²) in [5, 5.41) is 2.77. The number of nitrogens with zero attached hydrogens (tertiary/aromatic N) is 1. The van der Waals surface area contributed by atoms with Crippen molar-refractivity contribution in [2.24, 2.45) is 0 Å². The minimum absolute atomic E-state index is 0.343. The highest BCUT2D eigenvalue weighted by atomic mass is 16.5. The second-order valence-corrected chi connectivity index (χ2v) is 7.09. The van der Waals surface area contributed by atoms with Crippen LogP contribution < -0.4 is 5.32 Å². The average molecular weight is 399 g/mol. The standard InChI is InChI=1S/C24H21N3O3/c1-15-11-12-19(16(2)13-15)25-22(28)14-30-24(29)18-8-4-3-7-17(18)23-26-20-9-5-6-10-21(20)27-23/h3-13H,14H2,1-2H3,(H,25,28)(H,26,27). The van der Waals surface area contributed by atoms with E-state index < -0.39 is 11.9 Å². The lowest BCUT2D eigenvalue weighted by Crippen LogP contribution is -2.21. The van der Waals surface area contributed by atoms with Crippen LogP contribution in [0.1, 0.15) is 21.5 Å². The van der Waals surface area contributed by atoms with Crippen LogP contribution in [0, 0.1) is 13.8 Å². The number of aromatic amines is 1. The van der Waals surface area contributed by atoms with Gasteiger partial charge in [0.2, 0.25) is 0 Å². The predicted octanol–water partition coefficient (Wildman–Crippen LogP) is 4.64. The molecule has 0 atom stereocenters. The fraction of sp³-hybridized carbons (Fsp3) is 0.125. The van der Waals surface area contributed by atoms with Gasteiger partial charge >= 0.3 is 5.97 Å². The van der Waals surface area contributed by atoms with E-state index in [-0.39, 0.29) is 6.61 Å². The van der Waals surface area contributed by atoms with Crippen LogP contribution in [0.2, 0.25) is 0 Å². The molecule has 0 aliphatic carbocycles. The van der Waals surface area contributed by atoms with Gasteiger partial charge in [0.1, 0.15) is 5.82 Å². The highest BCUT2D eigenvalue weighted by Crippen LogP contribution is 2.24. The number of ether oxygens (including phenoxy) is 1. The van der Waals surface area contributed by atoms with Gasteiger partial charge in [-0.3, -0.25) is 4.79 Å². The number of benzene rings is 3. The summed E-state index contributed by atoms with van der Waals surface area (Å²) in [7, 11) is 0. The number of carbonyl (C=O) groups is 2. The van der Waals surface area contributed by atoms with Gasteiger partial charge in [-0.25, -0.2) is 9.78 Å². The molecule has 0 bridgehead atoms. The molecule has 0 unspecified atom stereocenters. The molecule has 3 aromatic carbocycles. The van der Waals surface area contributed by atoms with Crippen molar-refractivity contribution < 1.29 is 14.3 Å². The molecule has 4 aromatic rings. The Labute approximate surface area is 173 Å². The summed E-state index contributed by atoms with van der Waals surface area (Å²) in [5.41, 5.74) is 5.41. The number of rotatable bonds is 5. The van der Waals surface area contributed by atoms with E-state index in [9.17, 15) is 9.59 Å². The Balaban J connectivity index is 1.48. The van der Waals surface area contributed by atoms with Gasteiger partial charge in [-0.2, -0.15) is 0 Å². The fourth-order valence-electron chi connectivity index (χ4n) is 3.30. The Kier molecular flexibility index (Phi) is 5.30. The van der Waals surface area contributed by atoms with Gasteiger partial charge < -0.3 is 15.0 Å². The molecule has 1 amide bonds. The number of amides is 1. The number of aryl methyl sites for hydroxylation is 2. The van der Waals surface area contributed by atoms with Crippen LogP contribution in [0.3, 0.4) is 0 Å². The number of hydrogen-bond donors (Lipinski definition) is 2. The van der Waals surface area contributed by atoms with E-state index in [0.29, 0.717) is 22.6 Å². The molecule has 4 rings (SSSR count). The summed E-state index contributed by atoms with van der Waals surface area (Å²) < 4.78 is 5.27. The number of aromatic nitrogens is 2. The van der Waals surface area contributed by atoms with E-state index in [1.54, 1.807) is 18.2 Å². The second kappa shape index (κ2) is 8.21. The molecule has 0 radical (unpaired) electrons. The van der Waals surface area contributed by atoms with Gasteiger partial charge in [0.25, 0.3) is 5.91 Å². The summed E-state index contributed by atoms with van der Waals surface area (Å²) in [5.74, 6) is -0.401. The van der Waals surface area contributed by atoms with Crippen LogP contribution in [0.15, 0.2) is 66.7 Å². The molecule has 6 nitrogen and oxygen atoms in total. The van der Waals surface area contributed by atoms with Crippen molar-refractivity contribution in [1.82, 2.24) is 9.97 Å². The van der Waals surface area contributed by atoms with Crippen LogP contribution in [-0.2, 0) is 9.53 Å². The third kappa shape index (κ3) is 4.07. The Morgan fingerprint density at radius 2 is 1.77 bits per heavy atom. The van der Waals surface area contributed by atoms with Gasteiger partial charge in [0.15, 0.2) is 6.61 Å². The van der Waals surface area contributed by atoms with Gasteiger partial charge in [-0.05, 0) is 43.7 Å². The van der Waals surface area contributed by atoms with E-state index in [1.807, 2.05) is 62.4 Å². The Bertz CT molecular complexity index is 1210. The first-order chi connectivity index (χ1) is 14.5. The quantitative estimate of drug-likeness (QED) is 0.479. The fourth-order valence-corrected chi connectivity index (χ4v) is 3.30. The SMILES string of the molecule is Cc1ccc(NC(=O)COC(=O)c2ccccc2-c2nc3ccccc3[nH]2)c(C)c1. The normalized spacial score (nSPS) is 10.7. The molecule has 0 saturated carbocycles. The number of hydrogen-bond acceptors (Lipinski definition) is 4. The topological polar surface area (TPSA) is 84.1 Å². The van der Waals surface area contributed by atoms with E-state index in [4.69, 9.17) is 4.74 Å². The maximum absolute atomic E-state index is 12.7. The first kappa shape index (κ1) is 19.4. The molecule has 0 fully saturated rings. The van der Waals surface area contributed by atoms with Crippen molar-refractivity contribution in [3.05, 3.63) is 83.4 Å². The predicted molar refractivity (Wildman–Crippen MR) is 116 cm³/mol. The maximum Gasteiger partial charge on any atom is 0.339 e. The lowest BCUT2D eigenvalue weighted by Gasteiger charge is -2.10. The van der Waals surface area contributed by atoms with E-state index in [1.165, 1.54) is 0 Å². The van der Waals surface area contributed by atoms with Crippen molar-refractivity contribution >= 4 is 28.6 Å². The largest absolute Gasteiger partial charge is 0.452 e. The monoisotopic (exact) mass is 399 g/mol. The number of carbonyl (C=O) groups excluding carboxylic acids is 2. The lowest BCUT2D eigenvalue weighted by molar-refractivity contribution is -0.119. The summed E-state index contributed by atoms with van der Waals surface area (Å²) >= 11 is 0. The molecule has 6 heteroatoms. The van der Waals surface area contributed by atoms with Crippen molar-refractivity contribution in [2.75, 3.05) is 11.9 Å².